The van der Waals surface area contributed by atoms with Crippen molar-refractivity contribution < 1.29 is 14.4 Å². The highest BCUT2D eigenvalue weighted by Crippen LogP contribution is 2.44. The van der Waals surface area contributed by atoms with Gasteiger partial charge in [-0.2, -0.15) is 0 Å². The van der Waals surface area contributed by atoms with Crippen molar-refractivity contribution in [3.8, 4) is 60.6 Å². The van der Waals surface area contributed by atoms with E-state index in [1.165, 1.54) is 14.6 Å². The first kappa shape index (κ1) is 39.1. The molecule has 10 heteroatoms. The van der Waals surface area contributed by atoms with E-state index >= 15 is 0 Å². The summed E-state index contributed by atoms with van der Waals surface area (Å²) in [5.41, 5.74) is 6.55. The van der Waals surface area contributed by atoms with E-state index in [1.54, 1.807) is 81.9 Å². The van der Waals surface area contributed by atoms with Crippen LogP contribution < -0.4 is 4.90 Å². The Hall–Kier alpha value is -5.33. The summed E-state index contributed by atoms with van der Waals surface area (Å²) in [6.07, 6.45) is 0.513. The van der Waals surface area contributed by atoms with Gasteiger partial charge in [0.15, 0.2) is 17.3 Å². The minimum atomic E-state index is 0.0951. The number of nitrogens with zero attached hydrogens (tertiary/aromatic N) is 1. The van der Waals surface area contributed by atoms with Crippen molar-refractivity contribution in [1.29, 1.82) is 0 Å². The third-order valence-corrected chi connectivity index (χ3v) is 17.4. The average Bonchev–Trinajstić information content (AvgIpc) is 4.12. The second-order valence-electron chi connectivity index (χ2n) is 13.8. The van der Waals surface area contributed by atoms with Crippen LogP contribution in [0.15, 0.2) is 146 Å². The summed E-state index contributed by atoms with van der Waals surface area (Å²) < 4.78 is 0. The van der Waals surface area contributed by atoms with Gasteiger partial charge >= 0.3 is 0 Å². The number of ketones is 3. The van der Waals surface area contributed by atoms with Crippen molar-refractivity contribution in [3.63, 3.8) is 0 Å². The van der Waals surface area contributed by atoms with Gasteiger partial charge in [-0.05, 0) is 140 Å². The van der Waals surface area contributed by atoms with E-state index in [0.717, 1.165) is 77.6 Å². The molecule has 0 saturated carbocycles. The van der Waals surface area contributed by atoms with Crippen molar-refractivity contribution in [2.45, 2.75) is 27.2 Å². The highest BCUT2D eigenvalue weighted by atomic mass is 32.1. The highest BCUT2D eigenvalue weighted by molar-refractivity contribution is 7.25. The Labute approximate surface area is 367 Å². The lowest BCUT2D eigenvalue weighted by atomic mass is 10.1. The van der Waals surface area contributed by atoms with Crippen molar-refractivity contribution >= 4 is 102 Å². The number of carbonyl (C=O) groups excluding carboxylic acids is 3. The predicted molar refractivity (Wildman–Crippen MR) is 256 cm³/mol. The van der Waals surface area contributed by atoms with Gasteiger partial charge < -0.3 is 4.90 Å². The number of hydrogen-bond donors (Lipinski definition) is 0. The topological polar surface area (TPSA) is 54.5 Å². The molecule has 3 aromatic carbocycles. The van der Waals surface area contributed by atoms with Gasteiger partial charge in [-0.3, -0.25) is 14.4 Å². The Balaban J connectivity index is 1.01. The number of rotatable bonds is 13. The van der Waals surface area contributed by atoms with E-state index in [9.17, 15) is 14.4 Å². The van der Waals surface area contributed by atoms with Gasteiger partial charge in [0, 0.05) is 67.4 Å². The minimum absolute atomic E-state index is 0.0951. The molecule has 6 heterocycles. The zero-order valence-electron chi connectivity index (χ0n) is 32.2. The van der Waals surface area contributed by atoms with Gasteiger partial charge in [0.25, 0.3) is 0 Å². The van der Waals surface area contributed by atoms with E-state index in [1.807, 2.05) is 37.3 Å². The first-order chi connectivity index (χ1) is 28.7. The summed E-state index contributed by atoms with van der Waals surface area (Å²) in [6, 6.07) is 51.0. The summed E-state index contributed by atoms with van der Waals surface area (Å²) in [5.74, 6) is 0.373. The molecule has 4 nitrogen and oxygen atoms in total. The van der Waals surface area contributed by atoms with Crippen LogP contribution in [0.3, 0.4) is 0 Å². The fourth-order valence-corrected chi connectivity index (χ4v) is 12.9. The maximum Gasteiger partial charge on any atom is 0.172 e. The molecule has 0 saturated heterocycles. The monoisotopic (exact) mass is 877 g/mol. The fourth-order valence-electron chi connectivity index (χ4n) is 6.76. The summed E-state index contributed by atoms with van der Waals surface area (Å²) >= 11 is 9.86. The van der Waals surface area contributed by atoms with Crippen molar-refractivity contribution in [2.75, 3.05) is 4.90 Å². The van der Waals surface area contributed by atoms with Crippen LogP contribution in [0.25, 0.3) is 60.6 Å². The molecule has 0 radical (unpaired) electrons. The molecule has 9 rings (SSSR count). The zero-order chi connectivity index (χ0) is 40.6. The van der Waals surface area contributed by atoms with Crippen LogP contribution >= 0.6 is 68.0 Å². The smallest absolute Gasteiger partial charge is 0.172 e. The quantitative estimate of drug-likeness (QED) is 0.108. The zero-order valence-corrected chi connectivity index (χ0v) is 37.1. The maximum atomic E-state index is 12.3. The molecule has 0 bridgehead atoms. The number of carbonyl (C=O) groups is 3. The molecule has 6 aromatic heterocycles. The summed E-state index contributed by atoms with van der Waals surface area (Å²) in [7, 11) is 0. The number of Topliss-reactive ketones (excluding diaryl/α,β-unsaturated/α-hetero) is 3. The molecule has 290 valence electrons. The Bertz CT molecular complexity index is 2820. The lowest BCUT2D eigenvalue weighted by Crippen LogP contribution is -2.09. The molecule has 59 heavy (non-hydrogen) atoms. The third kappa shape index (κ3) is 8.17. The highest BCUT2D eigenvalue weighted by Gasteiger charge is 2.17. The summed E-state index contributed by atoms with van der Waals surface area (Å²) in [6.45, 7) is 5.13. The standard InChI is InChI=1S/C49H35NO3S6/c1-4-37(53)43-22-28-49(59-43)48-27-21-42(58-48)33-9-15-36(16-10-33)50(34-11-5-31(6-12-34)40-19-25-46(56-40)44-23-17-38(54-44)29(2)51)35-13-7-32(8-14-35)41-20-26-47(57-41)45-24-18-39(55-45)30(3)52/h5-28H,4H2,1-3H3. The van der Waals surface area contributed by atoms with Gasteiger partial charge in [0.2, 0.25) is 0 Å². The van der Waals surface area contributed by atoms with Crippen LogP contribution in [0.4, 0.5) is 17.1 Å². The van der Waals surface area contributed by atoms with E-state index in [4.69, 9.17) is 0 Å². The van der Waals surface area contributed by atoms with Crippen LogP contribution in [0.5, 0.6) is 0 Å². The molecule has 0 aliphatic carbocycles. The number of hydrogen-bond acceptors (Lipinski definition) is 10. The Kier molecular flexibility index (Phi) is 11.1. The first-order valence-electron chi connectivity index (χ1n) is 19.0. The van der Waals surface area contributed by atoms with Crippen LogP contribution in [0.1, 0.15) is 56.2 Å². The minimum Gasteiger partial charge on any atom is -0.311 e. The molecule has 0 spiro atoms. The van der Waals surface area contributed by atoms with Gasteiger partial charge in [-0.25, -0.2) is 0 Å². The summed E-state index contributed by atoms with van der Waals surface area (Å²) in [4.78, 5) is 51.1. The van der Waals surface area contributed by atoms with Crippen LogP contribution in [0, 0.1) is 0 Å². The lowest BCUT2D eigenvalue weighted by Gasteiger charge is -2.26. The molecule has 0 aliphatic rings. The predicted octanol–water partition coefficient (Wildman–Crippen LogP) is 16.5. The summed E-state index contributed by atoms with van der Waals surface area (Å²) in [5, 5.41) is 0. The van der Waals surface area contributed by atoms with E-state index < -0.39 is 0 Å². The van der Waals surface area contributed by atoms with Crippen molar-refractivity contribution in [3.05, 3.63) is 160 Å². The molecule has 9 aromatic rings. The molecule has 0 aliphatic heterocycles. The van der Waals surface area contributed by atoms with Crippen LogP contribution in [-0.4, -0.2) is 17.3 Å². The lowest BCUT2D eigenvalue weighted by molar-refractivity contribution is 0.0988. The van der Waals surface area contributed by atoms with Gasteiger partial charge in [-0.1, -0.05) is 43.3 Å². The fraction of sp³-hybridized carbons (Fsp3) is 0.0816. The Morgan fingerprint density at radius 3 is 0.932 bits per heavy atom. The molecule has 0 fully saturated rings. The maximum absolute atomic E-state index is 12.3. The average molecular weight is 878 g/mol. The molecular formula is C49H35NO3S6. The van der Waals surface area contributed by atoms with Crippen molar-refractivity contribution in [1.82, 2.24) is 0 Å². The van der Waals surface area contributed by atoms with E-state index in [2.05, 4.69) is 120 Å². The van der Waals surface area contributed by atoms with E-state index in [-0.39, 0.29) is 17.3 Å². The normalized spacial score (nSPS) is 11.2. The Morgan fingerprint density at radius 1 is 0.356 bits per heavy atom. The van der Waals surface area contributed by atoms with Gasteiger partial charge in [-0.15, -0.1) is 68.0 Å². The van der Waals surface area contributed by atoms with Crippen LogP contribution in [-0.2, 0) is 0 Å². The Morgan fingerprint density at radius 2 is 0.627 bits per heavy atom. The van der Waals surface area contributed by atoms with Crippen molar-refractivity contribution in [2.24, 2.45) is 0 Å². The molecule has 0 N–H and O–H groups in total. The van der Waals surface area contributed by atoms with E-state index in [0.29, 0.717) is 6.42 Å². The third-order valence-electron chi connectivity index (χ3n) is 9.88. The number of benzene rings is 3. The SMILES string of the molecule is CCC(=O)c1ccc(-c2ccc(-c3ccc(N(c4ccc(-c5ccc(-c6ccc(C(C)=O)s6)s5)cc4)c4ccc(-c5ccc(-c6ccc(C(C)=O)s6)s5)cc4)cc3)s2)s1. The molecule has 0 unspecified atom stereocenters. The molecule has 0 atom stereocenters. The first-order valence-corrected chi connectivity index (χ1v) is 23.9. The largest absolute Gasteiger partial charge is 0.311 e. The molecular weight excluding hydrogens is 843 g/mol. The van der Waals surface area contributed by atoms with Gasteiger partial charge in [0.05, 0.1) is 14.6 Å². The number of anilines is 3. The second-order valence-corrected chi connectivity index (χ2v) is 20.4. The number of thiophene rings is 6. The second kappa shape index (κ2) is 16.7. The van der Waals surface area contributed by atoms with Crippen LogP contribution in [0.2, 0.25) is 0 Å². The van der Waals surface area contributed by atoms with Gasteiger partial charge in [0.1, 0.15) is 0 Å². The molecule has 0 amide bonds.